The molecular formula is C20H26FNO. The topological polar surface area (TPSA) is 35.2 Å². The summed E-state index contributed by atoms with van der Waals surface area (Å²) in [5.74, 6) is 0.603. The Morgan fingerprint density at radius 3 is 2.22 bits per heavy atom. The molecule has 23 heavy (non-hydrogen) atoms. The van der Waals surface area contributed by atoms with Gasteiger partial charge < -0.3 is 10.5 Å². The summed E-state index contributed by atoms with van der Waals surface area (Å²) in [6.07, 6.45) is 0.808. The van der Waals surface area contributed by atoms with Gasteiger partial charge in [-0.25, -0.2) is 4.39 Å². The van der Waals surface area contributed by atoms with E-state index in [4.69, 9.17) is 10.5 Å². The molecule has 1 atom stereocenters. The molecule has 0 aliphatic carbocycles. The standard InChI is InChI=1S/C20H26FNO/c1-4-23-20-10-9-17(12-19(20)21)18(13-22)11-15-5-7-16(8-6-15)14(2)3/h5-10,12,14,18H,4,11,13,22H2,1-3H3. The Balaban J connectivity index is 2.14. The highest BCUT2D eigenvalue weighted by Crippen LogP contribution is 2.26. The molecule has 0 radical (unpaired) electrons. The number of nitrogens with two attached hydrogens (primary N) is 1. The van der Waals surface area contributed by atoms with E-state index < -0.39 is 0 Å². The molecule has 2 N–H and O–H groups in total. The van der Waals surface area contributed by atoms with Crippen molar-refractivity contribution in [3.05, 3.63) is 65.0 Å². The van der Waals surface area contributed by atoms with Crippen LogP contribution in [0.4, 0.5) is 4.39 Å². The van der Waals surface area contributed by atoms with Crippen LogP contribution in [0, 0.1) is 5.82 Å². The molecular weight excluding hydrogens is 289 g/mol. The van der Waals surface area contributed by atoms with E-state index >= 15 is 0 Å². The Morgan fingerprint density at radius 1 is 1.04 bits per heavy atom. The first-order chi connectivity index (χ1) is 11.0. The highest BCUT2D eigenvalue weighted by molar-refractivity contribution is 5.33. The normalized spacial score (nSPS) is 12.4. The van der Waals surface area contributed by atoms with Gasteiger partial charge in [0.1, 0.15) is 0 Å². The van der Waals surface area contributed by atoms with Crippen molar-refractivity contribution in [3.63, 3.8) is 0 Å². The summed E-state index contributed by atoms with van der Waals surface area (Å²) in [5, 5.41) is 0. The van der Waals surface area contributed by atoms with Gasteiger partial charge in [-0.05, 0) is 54.6 Å². The second-order valence-electron chi connectivity index (χ2n) is 6.16. The monoisotopic (exact) mass is 315 g/mol. The van der Waals surface area contributed by atoms with Gasteiger partial charge in [0.2, 0.25) is 0 Å². The third-order valence-electron chi connectivity index (χ3n) is 4.14. The lowest BCUT2D eigenvalue weighted by atomic mass is 9.91. The van der Waals surface area contributed by atoms with E-state index in [-0.39, 0.29) is 11.7 Å². The van der Waals surface area contributed by atoms with Gasteiger partial charge in [0.15, 0.2) is 11.6 Å². The van der Waals surface area contributed by atoms with Gasteiger partial charge in [-0.2, -0.15) is 0 Å². The van der Waals surface area contributed by atoms with Crippen molar-refractivity contribution in [3.8, 4) is 5.75 Å². The molecule has 2 aromatic carbocycles. The van der Waals surface area contributed by atoms with Crippen LogP contribution < -0.4 is 10.5 Å². The van der Waals surface area contributed by atoms with Crippen molar-refractivity contribution in [1.29, 1.82) is 0 Å². The van der Waals surface area contributed by atoms with Crippen LogP contribution in [0.1, 0.15) is 49.3 Å². The van der Waals surface area contributed by atoms with Crippen molar-refractivity contribution in [1.82, 2.24) is 0 Å². The third kappa shape index (κ3) is 4.55. The largest absolute Gasteiger partial charge is 0.491 e. The summed E-state index contributed by atoms with van der Waals surface area (Å²) in [5.41, 5.74) is 9.39. The van der Waals surface area contributed by atoms with Crippen LogP contribution in [0.5, 0.6) is 5.75 Å². The zero-order valence-electron chi connectivity index (χ0n) is 14.2. The molecule has 0 aromatic heterocycles. The Labute approximate surface area is 138 Å². The second kappa shape index (κ2) is 8.11. The van der Waals surface area contributed by atoms with Gasteiger partial charge in [-0.3, -0.25) is 0 Å². The predicted molar refractivity (Wildman–Crippen MR) is 93.6 cm³/mol. The number of halogens is 1. The lowest BCUT2D eigenvalue weighted by Crippen LogP contribution is -2.15. The molecule has 1 unspecified atom stereocenters. The van der Waals surface area contributed by atoms with E-state index in [0.717, 1.165) is 12.0 Å². The second-order valence-corrected chi connectivity index (χ2v) is 6.16. The first-order valence-electron chi connectivity index (χ1n) is 8.26. The van der Waals surface area contributed by atoms with E-state index in [0.29, 0.717) is 24.8 Å². The van der Waals surface area contributed by atoms with Crippen LogP contribution in [0.2, 0.25) is 0 Å². The molecule has 2 nitrogen and oxygen atoms in total. The molecule has 2 aromatic rings. The maximum Gasteiger partial charge on any atom is 0.165 e. The Hall–Kier alpha value is -1.87. The molecule has 124 valence electrons. The van der Waals surface area contributed by atoms with E-state index in [1.165, 1.54) is 11.1 Å². The van der Waals surface area contributed by atoms with Gasteiger partial charge in [0.05, 0.1) is 6.61 Å². The quantitative estimate of drug-likeness (QED) is 0.808. The minimum absolute atomic E-state index is 0.102. The molecule has 0 heterocycles. The molecule has 0 aliphatic heterocycles. The average Bonchev–Trinajstić information content (AvgIpc) is 2.55. The summed E-state index contributed by atoms with van der Waals surface area (Å²) >= 11 is 0. The number of hydrogen-bond acceptors (Lipinski definition) is 2. The van der Waals surface area contributed by atoms with Crippen molar-refractivity contribution >= 4 is 0 Å². The SMILES string of the molecule is CCOc1ccc(C(CN)Cc2ccc(C(C)C)cc2)cc1F. The van der Waals surface area contributed by atoms with Crippen molar-refractivity contribution in [2.24, 2.45) is 5.73 Å². The molecule has 0 aliphatic rings. The van der Waals surface area contributed by atoms with Gasteiger partial charge in [0, 0.05) is 5.92 Å². The van der Waals surface area contributed by atoms with E-state index in [1.807, 2.05) is 13.0 Å². The molecule has 0 saturated heterocycles. The fourth-order valence-electron chi connectivity index (χ4n) is 2.70. The summed E-state index contributed by atoms with van der Waals surface area (Å²) in [6, 6.07) is 13.8. The maximum absolute atomic E-state index is 14.0. The predicted octanol–water partition coefficient (Wildman–Crippen LogP) is 4.63. The van der Waals surface area contributed by atoms with E-state index in [1.54, 1.807) is 12.1 Å². The van der Waals surface area contributed by atoms with Gasteiger partial charge in [-0.15, -0.1) is 0 Å². The number of rotatable bonds is 7. The van der Waals surface area contributed by atoms with Crippen LogP contribution in [0.3, 0.4) is 0 Å². The highest BCUT2D eigenvalue weighted by atomic mass is 19.1. The minimum Gasteiger partial charge on any atom is -0.491 e. The van der Waals surface area contributed by atoms with Crippen LogP contribution in [0.25, 0.3) is 0 Å². The van der Waals surface area contributed by atoms with Crippen molar-refractivity contribution < 1.29 is 9.13 Å². The molecule has 0 spiro atoms. The first kappa shape index (κ1) is 17.5. The smallest absolute Gasteiger partial charge is 0.165 e. The zero-order valence-corrected chi connectivity index (χ0v) is 14.2. The Kier molecular flexibility index (Phi) is 6.17. The number of benzene rings is 2. The molecule has 3 heteroatoms. The van der Waals surface area contributed by atoms with Gasteiger partial charge in [0.25, 0.3) is 0 Å². The molecule has 0 saturated carbocycles. The fraction of sp³-hybridized carbons (Fsp3) is 0.400. The number of hydrogen-bond donors (Lipinski definition) is 1. The summed E-state index contributed by atoms with van der Waals surface area (Å²) in [4.78, 5) is 0. The average molecular weight is 315 g/mol. The summed E-state index contributed by atoms with van der Waals surface area (Å²) in [6.45, 7) is 7.15. The van der Waals surface area contributed by atoms with Crippen LogP contribution in [-0.2, 0) is 6.42 Å². The lowest BCUT2D eigenvalue weighted by molar-refractivity contribution is 0.321. The van der Waals surface area contributed by atoms with Crippen LogP contribution in [0.15, 0.2) is 42.5 Å². The van der Waals surface area contributed by atoms with Crippen LogP contribution in [-0.4, -0.2) is 13.2 Å². The maximum atomic E-state index is 14.0. The van der Waals surface area contributed by atoms with E-state index in [9.17, 15) is 4.39 Å². The highest BCUT2D eigenvalue weighted by Gasteiger charge is 2.14. The molecule has 0 amide bonds. The van der Waals surface area contributed by atoms with E-state index in [2.05, 4.69) is 38.1 Å². The molecule has 2 rings (SSSR count). The van der Waals surface area contributed by atoms with Gasteiger partial charge >= 0.3 is 0 Å². The third-order valence-corrected chi connectivity index (χ3v) is 4.14. The fourth-order valence-corrected chi connectivity index (χ4v) is 2.70. The lowest BCUT2D eigenvalue weighted by Gasteiger charge is -2.17. The van der Waals surface area contributed by atoms with Gasteiger partial charge in [-0.1, -0.05) is 44.2 Å². The summed E-state index contributed by atoms with van der Waals surface area (Å²) < 4.78 is 19.3. The van der Waals surface area contributed by atoms with Crippen LogP contribution >= 0.6 is 0 Å². The minimum atomic E-state index is -0.321. The van der Waals surface area contributed by atoms with Crippen molar-refractivity contribution in [2.75, 3.05) is 13.2 Å². The number of ether oxygens (including phenoxy) is 1. The Bertz CT molecular complexity index is 622. The molecule has 0 bridgehead atoms. The molecule has 0 fully saturated rings. The zero-order chi connectivity index (χ0) is 16.8. The first-order valence-corrected chi connectivity index (χ1v) is 8.26. The summed E-state index contributed by atoms with van der Waals surface area (Å²) in [7, 11) is 0. The van der Waals surface area contributed by atoms with Crippen molar-refractivity contribution in [2.45, 2.75) is 39.0 Å². The Morgan fingerprint density at radius 2 is 1.70 bits per heavy atom.